The quantitative estimate of drug-likeness (QED) is 0.921. The number of pyridine rings is 1. The van der Waals surface area contributed by atoms with Crippen molar-refractivity contribution in [2.45, 2.75) is 27.2 Å². The Hall–Kier alpha value is -2.10. The number of hydrogen-bond acceptors (Lipinski definition) is 3. The van der Waals surface area contributed by atoms with Crippen molar-refractivity contribution in [3.05, 3.63) is 41.8 Å². The van der Waals surface area contributed by atoms with Crippen LogP contribution in [0.15, 0.2) is 30.5 Å². The molecule has 4 heteroatoms. The Morgan fingerprint density at radius 1 is 1.24 bits per heavy atom. The SMILES string of the molecule is COc1ccc(F)c(-c2ncc(O)cc2CC(C)(C)C)c1. The summed E-state index contributed by atoms with van der Waals surface area (Å²) in [6.45, 7) is 6.26. The molecule has 0 aliphatic heterocycles. The van der Waals surface area contributed by atoms with E-state index >= 15 is 0 Å². The first kappa shape index (κ1) is 15.3. The smallest absolute Gasteiger partial charge is 0.134 e. The van der Waals surface area contributed by atoms with Crippen LogP contribution in [0.1, 0.15) is 26.3 Å². The highest BCUT2D eigenvalue weighted by Crippen LogP contribution is 2.33. The summed E-state index contributed by atoms with van der Waals surface area (Å²) in [5.74, 6) is 0.299. The number of aromatic nitrogens is 1. The van der Waals surface area contributed by atoms with E-state index in [9.17, 15) is 9.50 Å². The number of ether oxygens (including phenoxy) is 1. The van der Waals surface area contributed by atoms with Gasteiger partial charge in [0.05, 0.1) is 19.0 Å². The zero-order valence-corrected chi connectivity index (χ0v) is 12.8. The molecule has 0 saturated heterocycles. The Morgan fingerprint density at radius 3 is 2.57 bits per heavy atom. The van der Waals surface area contributed by atoms with Crippen LogP contribution in [0.25, 0.3) is 11.3 Å². The van der Waals surface area contributed by atoms with Crippen LogP contribution in [0.5, 0.6) is 11.5 Å². The van der Waals surface area contributed by atoms with Gasteiger partial charge >= 0.3 is 0 Å². The molecule has 2 rings (SSSR count). The molecule has 21 heavy (non-hydrogen) atoms. The minimum absolute atomic E-state index is 0.000430. The summed E-state index contributed by atoms with van der Waals surface area (Å²) in [5.41, 5.74) is 1.74. The first-order valence-electron chi connectivity index (χ1n) is 6.82. The van der Waals surface area contributed by atoms with Gasteiger partial charge in [-0.1, -0.05) is 20.8 Å². The Labute approximate surface area is 124 Å². The predicted octanol–water partition coefficient (Wildman–Crippen LogP) is 4.19. The minimum atomic E-state index is -0.357. The average molecular weight is 289 g/mol. The van der Waals surface area contributed by atoms with Crippen molar-refractivity contribution in [2.24, 2.45) is 5.41 Å². The lowest BCUT2D eigenvalue weighted by Gasteiger charge is -2.20. The molecule has 1 heterocycles. The number of rotatable bonds is 3. The minimum Gasteiger partial charge on any atom is -0.506 e. The maximum absolute atomic E-state index is 14.1. The first-order chi connectivity index (χ1) is 9.80. The first-order valence-corrected chi connectivity index (χ1v) is 6.82. The summed E-state index contributed by atoms with van der Waals surface area (Å²) in [6, 6.07) is 6.21. The van der Waals surface area contributed by atoms with Crippen LogP contribution >= 0.6 is 0 Å². The fourth-order valence-corrected chi connectivity index (χ4v) is 2.26. The van der Waals surface area contributed by atoms with Crippen molar-refractivity contribution < 1.29 is 14.2 Å². The highest BCUT2D eigenvalue weighted by Gasteiger charge is 2.19. The molecule has 0 aliphatic rings. The monoisotopic (exact) mass is 289 g/mol. The molecule has 1 aromatic carbocycles. The van der Waals surface area contributed by atoms with Crippen LogP contribution in [-0.4, -0.2) is 17.2 Å². The van der Waals surface area contributed by atoms with Gasteiger partial charge in [-0.2, -0.15) is 0 Å². The maximum atomic E-state index is 14.1. The van der Waals surface area contributed by atoms with Gasteiger partial charge in [-0.3, -0.25) is 4.98 Å². The molecule has 1 N–H and O–H groups in total. The van der Waals surface area contributed by atoms with Crippen LogP contribution in [-0.2, 0) is 6.42 Å². The molecule has 0 atom stereocenters. The number of nitrogens with zero attached hydrogens (tertiary/aromatic N) is 1. The number of halogens is 1. The summed E-state index contributed by atoms with van der Waals surface area (Å²) in [6.07, 6.45) is 2.01. The van der Waals surface area contributed by atoms with Gasteiger partial charge in [0.25, 0.3) is 0 Å². The molecule has 112 valence electrons. The van der Waals surface area contributed by atoms with Gasteiger partial charge in [0.1, 0.15) is 17.3 Å². The lowest BCUT2D eigenvalue weighted by Crippen LogP contribution is -2.11. The Balaban J connectivity index is 2.58. The van der Waals surface area contributed by atoms with E-state index < -0.39 is 0 Å². The Kier molecular flexibility index (Phi) is 4.16. The molecule has 0 amide bonds. The lowest BCUT2D eigenvalue weighted by molar-refractivity contribution is 0.408. The third-order valence-electron chi connectivity index (χ3n) is 3.10. The number of aromatic hydroxyl groups is 1. The second kappa shape index (κ2) is 5.72. The van der Waals surface area contributed by atoms with E-state index in [0.29, 0.717) is 23.4 Å². The molecular weight excluding hydrogens is 269 g/mol. The zero-order chi connectivity index (χ0) is 15.6. The van der Waals surface area contributed by atoms with Gasteiger partial charge < -0.3 is 9.84 Å². The fourth-order valence-electron chi connectivity index (χ4n) is 2.26. The van der Waals surface area contributed by atoms with Crippen molar-refractivity contribution in [1.29, 1.82) is 0 Å². The molecule has 0 bridgehead atoms. The molecule has 0 aliphatic carbocycles. The van der Waals surface area contributed by atoms with Crippen LogP contribution in [0.2, 0.25) is 0 Å². The van der Waals surface area contributed by atoms with E-state index in [1.165, 1.54) is 19.4 Å². The Bertz CT molecular complexity index is 648. The van der Waals surface area contributed by atoms with Gasteiger partial charge in [-0.25, -0.2) is 4.39 Å². The molecule has 1 aromatic heterocycles. The van der Waals surface area contributed by atoms with Gasteiger partial charge in [0.2, 0.25) is 0 Å². The van der Waals surface area contributed by atoms with Crippen LogP contribution in [0.3, 0.4) is 0 Å². The topological polar surface area (TPSA) is 42.4 Å². The highest BCUT2D eigenvalue weighted by atomic mass is 19.1. The van der Waals surface area contributed by atoms with E-state index in [1.807, 2.05) is 0 Å². The van der Waals surface area contributed by atoms with E-state index in [2.05, 4.69) is 25.8 Å². The molecule has 2 aromatic rings. The molecule has 0 saturated carbocycles. The van der Waals surface area contributed by atoms with Gasteiger partial charge in [0.15, 0.2) is 0 Å². The third kappa shape index (κ3) is 3.72. The normalized spacial score (nSPS) is 11.5. The second-order valence-corrected chi connectivity index (χ2v) is 6.28. The van der Waals surface area contributed by atoms with Crippen LogP contribution in [0, 0.1) is 11.2 Å². The molecule has 0 radical (unpaired) electrons. The largest absolute Gasteiger partial charge is 0.506 e. The van der Waals surface area contributed by atoms with Crippen molar-refractivity contribution in [3.63, 3.8) is 0 Å². The van der Waals surface area contributed by atoms with Gasteiger partial charge in [0, 0.05) is 5.56 Å². The summed E-state index contributed by atoms with van der Waals surface area (Å²) >= 11 is 0. The average Bonchev–Trinajstić information content (AvgIpc) is 2.38. The molecule has 0 unspecified atom stereocenters. The summed E-state index contributed by atoms with van der Waals surface area (Å²) < 4.78 is 19.3. The van der Waals surface area contributed by atoms with Crippen LogP contribution < -0.4 is 4.74 Å². The van der Waals surface area contributed by atoms with E-state index in [1.54, 1.807) is 18.2 Å². The summed E-state index contributed by atoms with van der Waals surface area (Å²) in [7, 11) is 1.54. The van der Waals surface area contributed by atoms with E-state index in [0.717, 1.165) is 5.56 Å². The van der Waals surface area contributed by atoms with Crippen molar-refractivity contribution in [1.82, 2.24) is 4.98 Å². The number of hydrogen-bond donors (Lipinski definition) is 1. The van der Waals surface area contributed by atoms with Gasteiger partial charge in [-0.05, 0) is 41.7 Å². The summed E-state index contributed by atoms with van der Waals surface area (Å²) in [5, 5.41) is 9.67. The molecule has 3 nitrogen and oxygen atoms in total. The maximum Gasteiger partial charge on any atom is 0.134 e. The standard InChI is InChI=1S/C17H20FNO2/c1-17(2,3)9-11-7-12(20)10-19-16(11)14-8-13(21-4)5-6-15(14)18/h5-8,10,20H,9H2,1-4H3. The number of methoxy groups -OCH3 is 1. The van der Waals surface area contributed by atoms with Crippen molar-refractivity contribution in [3.8, 4) is 22.8 Å². The van der Waals surface area contributed by atoms with Crippen molar-refractivity contribution in [2.75, 3.05) is 7.11 Å². The lowest BCUT2D eigenvalue weighted by atomic mass is 9.86. The van der Waals surface area contributed by atoms with Crippen molar-refractivity contribution >= 4 is 0 Å². The van der Waals surface area contributed by atoms with E-state index in [-0.39, 0.29) is 17.0 Å². The number of benzene rings is 1. The van der Waals surface area contributed by atoms with E-state index in [4.69, 9.17) is 4.74 Å². The molecular formula is C17H20FNO2. The second-order valence-electron chi connectivity index (χ2n) is 6.28. The zero-order valence-electron chi connectivity index (χ0n) is 12.8. The predicted molar refractivity (Wildman–Crippen MR) is 81.0 cm³/mol. The fraction of sp³-hybridized carbons (Fsp3) is 0.353. The third-order valence-corrected chi connectivity index (χ3v) is 3.10. The van der Waals surface area contributed by atoms with Gasteiger partial charge in [-0.15, -0.1) is 0 Å². The molecule has 0 fully saturated rings. The highest BCUT2D eigenvalue weighted by molar-refractivity contribution is 5.66. The Morgan fingerprint density at radius 2 is 1.95 bits per heavy atom. The summed E-state index contributed by atoms with van der Waals surface area (Å²) in [4.78, 5) is 4.22. The molecule has 0 spiro atoms. The van der Waals surface area contributed by atoms with Crippen LogP contribution in [0.4, 0.5) is 4.39 Å².